The van der Waals surface area contributed by atoms with Gasteiger partial charge in [0, 0.05) is 79.0 Å². The number of hydrogen-bond acceptors (Lipinski definition) is 3. The van der Waals surface area contributed by atoms with Crippen LogP contribution in [-0.2, 0) is 24.3 Å². The number of carbonyl (C=O) groups is 1. The predicted octanol–water partition coefficient (Wildman–Crippen LogP) is 3.91. The molecule has 1 aromatic carbocycles. The molecule has 3 heterocycles. The lowest BCUT2D eigenvalue weighted by molar-refractivity contribution is -0.121. The van der Waals surface area contributed by atoms with Crippen molar-refractivity contribution >= 4 is 28.4 Å². The highest BCUT2D eigenvalue weighted by Gasteiger charge is 2.25. The zero-order valence-electron chi connectivity index (χ0n) is 17.2. The Kier molecular flexibility index (Phi) is 5.61. The van der Waals surface area contributed by atoms with Crippen molar-refractivity contribution in [3.05, 3.63) is 64.1 Å². The number of nitrogens with one attached hydrogen (secondary N) is 1. The molecule has 152 valence electrons. The quantitative estimate of drug-likeness (QED) is 0.693. The molecule has 0 aliphatic carbocycles. The zero-order valence-corrected chi connectivity index (χ0v) is 18.0. The van der Waals surface area contributed by atoms with E-state index in [4.69, 9.17) is 11.6 Å². The highest BCUT2D eigenvalue weighted by Crippen LogP contribution is 2.34. The Bertz CT molecular complexity index is 1040. The summed E-state index contributed by atoms with van der Waals surface area (Å²) in [4.78, 5) is 19.1. The molecule has 1 aliphatic rings. The molecule has 0 bridgehead atoms. The second kappa shape index (κ2) is 8.17. The molecule has 0 fully saturated rings. The normalized spacial score (nSPS) is 15.3. The highest BCUT2D eigenvalue weighted by molar-refractivity contribution is 6.31. The van der Waals surface area contributed by atoms with Gasteiger partial charge in [-0.1, -0.05) is 17.7 Å². The fourth-order valence-corrected chi connectivity index (χ4v) is 4.49. The molecule has 0 saturated carbocycles. The number of likely N-dealkylation sites (N-methyl/N-ethyl adjacent to an activating group) is 1. The molecule has 1 amide bonds. The van der Waals surface area contributed by atoms with Crippen LogP contribution in [0.3, 0.4) is 0 Å². The van der Waals surface area contributed by atoms with Crippen LogP contribution in [0.2, 0.25) is 5.02 Å². The van der Waals surface area contributed by atoms with Crippen molar-refractivity contribution < 1.29 is 4.79 Å². The maximum absolute atomic E-state index is 12.3. The third-order valence-electron chi connectivity index (χ3n) is 5.93. The Morgan fingerprint density at radius 1 is 1.31 bits per heavy atom. The number of benzene rings is 1. The van der Waals surface area contributed by atoms with E-state index in [0.29, 0.717) is 6.42 Å². The summed E-state index contributed by atoms with van der Waals surface area (Å²) >= 11 is 6.33. The van der Waals surface area contributed by atoms with Crippen LogP contribution in [0.1, 0.15) is 34.9 Å². The van der Waals surface area contributed by atoms with Gasteiger partial charge >= 0.3 is 0 Å². The molecule has 2 aromatic heterocycles. The van der Waals surface area contributed by atoms with Gasteiger partial charge in [0.05, 0.1) is 0 Å². The van der Waals surface area contributed by atoms with Crippen LogP contribution < -0.4 is 5.32 Å². The average Bonchev–Trinajstić information content (AvgIpc) is 3.00. The molecule has 0 radical (unpaired) electrons. The molecule has 0 saturated heterocycles. The second-order valence-electron chi connectivity index (χ2n) is 7.99. The molecule has 4 rings (SSSR count). The van der Waals surface area contributed by atoms with E-state index in [2.05, 4.69) is 45.0 Å². The number of amides is 1. The van der Waals surface area contributed by atoms with E-state index >= 15 is 0 Å². The Balaban J connectivity index is 1.79. The zero-order chi connectivity index (χ0) is 20.5. The number of aryl methyl sites for hydroxylation is 1. The molecule has 0 spiro atoms. The number of hydrogen-bond donors (Lipinski definition) is 1. The van der Waals surface area contributed by atoms with Crippen molar-refractivity contribution in [2.75, 3.05) is 20.6 Å². The summed E-state index contributed by atoms with van der Waals surface area (Å²) in [7, 11) is 3.85. The van der Waals surface area contributed by atoms with Gasteiger partial charge in [0.15, 0.2) is 0 Å². The van der Waals surface area contributed by atoms with E-state index in [-0.39, 0.29) is 11.8 Å². The second-order valence-corrected chi connectivity index (χ2v) is 8.43. The van der Waals surface area contributed by atoms with E-state index in [0.717, 1.165) is 42.3 Å². The molecular weight excluding hydrogens is 384 g/mol. The third kappa shape index (κ3) is 4.02. The molecule has 5 nitrogen and oxygen atoms in total. The number of pyridine rings is 1. The van der Waals surface area contributed by atoms with Crippen LogP contribution in [0.5, 0.6) is 0 Å². The van der Waals surface area contributed by atoms with Gasteiger partial charge in [-0.25, -0.2) is 0 Å². The van der Waals surface area contributed by atoms with Gasteiger partial charge in [-0.15, -0.1) is 0 Å². The van der Waals surface area contributed by atoms with E-state index in [1.54, 1.807) is 7.05 Å². The first kappa shape index (κ1) is 19.9. The Labute approximate surface area is 176 Å². The largest absolute Gasteiger partial charge is 0.359 e. The van der Waals surface area contributed by atoms with Crippen molar-refractivity contribution in [3.8, 4) is 0 Å². The molecular formula is C23H27ClN4O. The molecule has 29 heavy (non-hydrogen) atoms. The fourth-order valence-electron chi connectivity index (χ4n) is 4.32. The Morgan fingerprint density at radius 3 is 2.86 bits per heavy atom. The molecule has 1 atom stereocenters. The minimum Gasteiger partial charge on any atom is -0.359 e. The highest BCUT2D eigenvalue weighted by atomic mass is 35.5. The van der Waals surface area contributed by atoms with Crippen LogP contribution >= 0.6 is 11.6 Å². The lowest BCUT2D eigenvalue weighted by atomic mass is 9.96. The van der Waals surface area contributed by atoms with Crippen molar-refractivity contribution in [1.82, 2.24) is 19.8 Å². The minimum absolute atomic E-state index is 0.0451. The topological polar surface area (TPSA) is 50.2 Å². The maximum Gasteiger partial charge on any atom is 0.220 e. The molecule has 1 aliphatic heterocycles. The SMILES string of the molecule is CNC(=O)CC(Cn1c2c(c3cc(Cl)ccc31)CN(C)CC2)c1ccc(C)nc1. The number of rotatable bonds is 5. The van der Waals surface area contributed by atoms with E-state index in [1.165, 1.54) is 22.2 Å². The number of carbonyl (C=O) groups excluding carboxylic acids is 1. The van der Waals surface area contributed by atoms with Crippen molar-refractivity contribution in [2.24, 2.45) is 0 Å². The number of aromatic nitrogens is 2. The number of nitrogens with zero attached hydrogens (tertiary/aromatic N) is 3. The van der Waals surface area contributed by atoms with Crippen molar-refractivity contribution in [3.63, 3.8) is 0 Å². The molecule has 1 unspecified atom stereocenters. The lowest BCUT2D eigenvalue weighted by Crippen LogP contribution is -2.28. The standard InChI is InChI=1S/C23H27ClN4O/c1-15-4-5-16(12-26-15)17(10-23(29)25-2)13-28-21-7-6-18(24)11-19(21)20-14-27(3)9-8-22(20)28/h4-7,11-12,17H,8-10,13-14H2,1-3H3,(H,25,29). The van der Waals surface area contributed by atoms with Crippen LogP contribution in [0.25, 0.3) is 10.9 Å². The van der Waals surface area contributed by atoms with Gasteiger partial charge in [-0.2, -0.15) is 0 Å². The maximum atomic E-state index is 12.3. The first-order valence-electron chi connectivity index (χ1n) is 10.1. The lowest BCUT2D eigenvalue weighted by Gasteiger charge is -2.26. The van der Waals surface area contributed by atoms with Gasteiger partial charge in [0.1, 0.15) is 0 Å². The molecule has 3 aromatic rings. The van der Waals surface area contributed by atoms with Crippen LogP contribution in [0.4, 0.5) is 0 Å². The van der Waals surface area contributed by atoms with Crippen molar-refractivity contribution in [2.45, 2.75) is 38.8 Å². The van der Waals surface area contributed by atoms with Crippen LogP contribution in [-0.4, -0.2) is 41.0 Å². The summed E-state index contributed by atoms with van der Waals surface area (Å²) in [5.41, 5.74) is 5.99. The first-order chi connectivity index (χ1) is 14.0. The van der Waals surface area contributed by atoms with Crippen molar-refractivity contribution in [1.29, 1.82) is 0 Å². The summed E-state index contributed by atoms with van der Waals surface area (Å²) in [5.74, 6) is 0.0989. The first-order valence-corrected chi connectivity index (χ1v) is 10.4. The third-order valence-corrected chi connectivity index (χ3v) is 6.16. The fraction of sp³-hybridized carbons (Fsp3) is 0.391. The summed E-state index contributed by atoms with van der Waals surface area (Å²) in [5, 5.41) is 4.76. The number of fused-ring (bicyclic) bond motifs is 3. The molecule has 6 heteroatoms. The van der Waals surface area contributed by atoms with Gasteiger partial charge in [-0.05, 0) is 49.4 Å². The smallest absolute Gasteiger partial charge is 0.220 e. The summed E-state index contributed by atoms with van der Waals surface area (Å²) in [6.07, 6.45) is 3.34. The van der Waals surface area contributed by atoms with Gasteiger partial charge < -0.3 is 14.8 Å². The summed E-state index contributed by atoms with van der Waals surface area (Å²) in [6, 6.07) is 10.3. The Morgan fingerprint density at radius 2 is 2.14 bits per heavy atom. The van der Waals surface area contributed by atoms with E-state index in [1.807, 2.05) is 25.3 Å². The summed E-state index contributed by atoms with van der Waals surface area (Å²) < 4.78 is 2.40. The Hall–Kier alpha value is -2.37. The number of halogens is 1. The average molecular weight is 411 g/mol. The van der Waals surface area contributed by atoms with Gasteiger partial charge in [-0.3, -0.25) is 9.78 Å². The summed E-state index contributed by atoms with van der Waals surface area (Å²) in [6.45, 7) is 4.68. The minimum atomic E-state index is 0.0451. The van der Waals surface area contributed by atoms with E-state index in [9.17, 15) is 4.79 Å². The predicted molar refractivity (Wildman–Crippen MR) is 117 cm³/mol. The van der Waals surface area contributed by atoms with E-state index < -0.39 is 0 Å². The van der Waals surface area contributed by atoms with Crippen LogP contribution in [0, 0.1) is 6.92 Å². The van der Waals surface area contributed by atoms with Crippen LogP contribution in [0.15, 0.2) is 36.5 Å². The van der Waals surface area contributed by atoms with Gasteiger partial charge in [0.25, 0.3) is 0 Å². The van der Waals surface area contributed by atoms with Gasteiger partial charge in [0.2, 0.25) is 5.91 Å². The molecule has 1 N–H and O–H groups in total. The monoisotopic (exact) mass is 410 g/mol.